The topological polar surface area (TPSA) is 63.5 Å². The average molecular weight is 483 g/mol. The average Bonchev–Trinajstić information content (AvgIpc) is 2.61. The van der Waals surface area contributed by atoms with Crippen molar-refractivity contribution in [2.24, 2.45) is 0 Å². The zero-order valence-corrected chi connectivity index (χ0v) is 20.6. The van der Waals surface area contributed by atoms with Crippen LogP contribution in [0.15, 0.2) is 36.0 Å². The molecule has 180 valence electrons. The number of nitrogens with zero attached hydrogens (tertiary/aromatic N) is 2. The van der Waals surface area contributed by atoms with Gasteiger partial charge in [-0.25, -0.2) is 17.9 Å². The molecule has 2 aromatic carbocycles. The lowest BCUT2D eigenvalue weighted by atomic mass is 10.0. The summed E-state index contributed by atoms with van der Waals surface area (Å²) in [5.74, 6) is 0. The van der Waals surface area contributed by atoms with Crippen LogP contribution in [0.2, 0.25) is 0 Å². The molecule has 0 aliphatic carbocycles. The van der Waals surface area contributed by atoms with E-state index in [0.717, 1.165) is 6.54 Å². The minimum atomic E-state index is -6.09. The molecular formula is C24H29F3N2O3S. The summed E-state index contributed by atoms with van der Waals surface area (Å²) < 4.78 is 61.3. The maximum Gasteiger partial charge on any atom is 0.485 e. The number of aryl methyl sites for hydroxylation is 6. The van der Waals surface area contributed by atoms with Gasteiger partial charge in [0.15, 0.2) is 10.1 Å². The summed E-state index contributed by atoms with van der Waals surface area (Å²) in [6.07, 6.45) is 4.59. The lowest BCUT2D eigenvalue weighted by Gasteiger charge is -2.24. The zero-order chi connectivity index (χ0) is 25.3. The molecule has 1 heterocycles. The third-order valence-corrected chi connectivity index (χ3v) is 5.87. The molecule has 0 spiro atoms. The van der Waals surface area contributed by atoms with Gasteiger partial charge in [0, 0.05) is 0 Å². The van der Waals surface area contributed by atoms with E-state index in [-0.39, 0.29) is 0 Å². The van der Waals surface area contributed by atoms with Crippen molar-refractivity contribution in [3.8, 4) is 0 Å². The molecule has 5 nitrogen and oxygen atoms in total. The molecule has 9 heteroatoms. The van der Waals surface area contributed by atoms with Crippen molar-refractivity contribution in [1.29, 1.82) is 0 Å². The fourth-order valence-electron chi connectivity index (χ4n) is 4.17. The highest BCUT2D eigenvalue weighted by molar-refractivity contribution is 7.86. The van der Waals surface area contributed by atoms with E-state index >= 15 is 0 Å². The molecular weight excluding hydrogens is 453 g/mol. The Bertz CT molecular complexity index is 1180. The molecule has 0 radical (unpaired) electrons. The molecule has 0 saturated heterocycles. The summed E-state index contributed by atoms with van der Waals surface area (Å²) in [4.78, 5) is 2.34. The first kappa shape index (κ1) is 26.6. The monoisotopic (exact) mass is 482 g/mol. The van der Waals surface area contributed by atoms with Crippen LogP contribution in [0, 0.1) is 41.5 Å². The quantitative estimate of drug-likeness (QED) is 0.314. The fraction of sp³-hybridized carbons (Fsp3) is 0.375. The van der Waals surface area contributed by atoms with Crippen LogP contribution in [0.5, 0.6) is 0 Å². The van der Waals surface area contributed by atoms with E-state index in [2.05, 4.69) is 94.6 Å². The Balaban J connectivity index is 0.000000414. The van der Waals surface area contributed by atoms with Gasteiger partial charge in [-0.05, 0) is 76.8 Å². The van der Waals surface area contributed by atoms with Gasteiger partial charge in [-0.3, -0.25) is 0 Å². The van der Waals surface area contributed by atoms with Crippen molar-refractivity contribution in [2.75, 3.05) is 11.4 Å². The highest BCUT2D eigenvalue weighted by atomic mass is 32.2. The molecule has 0 atom stereocenters. The number of allylic oxidation sites excluding steroid dienone is 1. The Morgan fingerprint density at radius 3 is 1.64 bits per heavy atom. The second-order valence-electron chi connectivity index (χ2n) is 8.38. The van der Waals surface area contributed by atoms with Crippen LogP contribution in [-0.2, 0) is 10.1 Å². The SMILES string of the molecule is CC1=CC[N+](c2c(C)cc(C)cc2C)=CN1c1c(C)cc(C)cc1C.O=S(=O)([O-])C(F)(F)F. The molecule has 3 rings (SSSR count). The van der Waals surface area contributed by atoms with Gasteiger partial charge >= 0.3 is 5.51 Å². The van der Waals surface area contributed by atoms with Gasteiger partial charge in [-0.15, -0.1) is 0 Å². The van der Waals surface area contributed by atoms with E-state index in [1.54, 1.807) is 0 Å². The fourth-order valence-corrected chi connectivity index (χ4v) is 4.17. The standard InChI is InChI=1S/C23H29N2.CHF3O3S/c1-15-10-17(3)22(18(4)11-15)24-9-8-21(7)25(14-24)23-19(5)12-16(2)13-20(23)6;2-1(3,4)8(5,6)7/h8,10-14H,9H2,1-7H3;(H,5,6,7)/q+1;/p-1. The number of alkyl halides is 3. The van der Waals surface area contributed by atoms with Crippen LogP contribution >= 0.6 is 0 Å². The van der Waals surface area contributed by atoms with E-state index in [0.29, 0.717) is 0 Å². The predicted octanol–water partition coefficient (Wildman–Crippen LogP) is 5.68. The van der Waals surface area contributed by atoms with Gasteiger partial charge in [-0.2, -0.15) is 13.2 Å². The van der Waals surface area contributed by atoms with Crippen LogP contribution in [0.1, 0.15) is 40.3 Å². The van der Waals surface area contributed by atoms with Gasteiger partial charge in [-0.1, -0.05) is 35.4 Å². The van der Waals surface area contributed by atoms with Gasteiger partial charge in [0.25, 0.3) is 0 Å². The minimum absolute atomic E-state index is 0.914. The zero-order valence-electron chi connectivity index (χ0n) is 19.8. The predicted molar refractivity (Wildman–Crippen MR) is 124 cm³/mol. The van der Waals surface area contributed by atoms with Crippen molar-refractivity contribution in [2.45, 2.75) is 54.0 Å². The minimum Gasteiger partial charge on any atom is -0.741 e. The number of anilines is 1. The summed E-state index contributed by atoms with van der Waals surface area (Å²) in [7, 11) is -6.09. The van der Waals surface area contributed by atoms with Crippen molar-refractivity contribution < 1.29 is 30.7 Å². The Labute approximate surface area is 193 Å². The smallest absolute Gasteiger partial charge is 0.485 e. The maximum atomic E-state index is 10.7. The van der Waals surface area contributed by atoms with E-state index in [1.165, 1.54) is 50.5 Å². The second-order valence-corrected chi connectivity index (χ2v) is 9.75. The Hall–Kier alpha value is -2.65. The van der Waals surface area contributed by atoms with Crippen LogP contribution in [0.4, 0.5) is 24.5 Å². The van der Waals surface area contributed by atoms with E-state index in [1.807, 2.05) is 0 Å². The molecule has 1 aliphatic heterocycles. The van der Waals surface area contributed by atoms with Crippen molar-refractivity contribution in [1.82, 2.24) is 0 Å². The van der Waals surface area contributed by atoms with Gasteiger partial charge in [0.05, 0.1) is 0 Å². The summed E-state index contributed by atoms with van der Waals surface area (Å²) in [5.41, 5.74) is 6.21. The van der Waals surface area contributed by atoms with Crippen LogP contribution in [0.25, 0.3) is 0 Å². The highest BCUT2D eigenvalue weighted by Crippen LogP contribution is 2.31. The number of halogens is 3. The number of hydrogen-bond donors (Lipinski definition) is 0. The Kier molecular flexibility index (Phi) is 7.81. The molecule has 1 aliphatic rings. The molecule has 2 aromatic rings. The first-order valence-electron chi connectivity index (χ1n) is 10.3. The second kappa shape index (κ2) is 9.69. The highest BCUT2D eigenvalue weighted by Gasteiger charge is 2.37. The summed E-state index contributed by atoms with van der Waals surface area (Å²) in [6, 6.07) is 9.08. The lowest BCUT2D eigenvalue weighted by molar-refractivity contribution is -0.426. The Morgan fingerprint density at radius 2 is 1.24 bits per heavy atom. The van der Waals surface area contributed by atoms with E-state index in [9.17, 15) is 13.2 Å². The van der Waals surface area contributed by atoms with Crippen LogP contribution in [-0.4, -0.2) is 35.9 Å². The van der Waals surface area contributed by atoms with E-state index < -0.39 is 15.6 Å². The molecule has 0 amide bonds. The third-order valence-electron chi connectivity index (χ3n) is 5.30. The largest absolute Gasteiger partial charge is 0.741 e. The third kappa shape index (κ3) is 6.23. The van der Waals surface area contributed by atoms with Crippen molar-refractivity contribution >= 4 is 27.8 Å². The molecule has 0 N–H and O–H groups in total. The number of benzene rings is 2. The number of hydrogen-bond acceptors (Lipinski definition) is 4. The van der Waals surface area contributed by atoms with Crippen molar-refractivity contribution in [3.05, 3.63) is 69.4 Å². The summed E-state index contributed by atoms with van der Waals surface area (Å²) >= 11 is 0. The summed E-state index contributed by atoms with van der Waals surface area (Å²) in [5, 5.41) is 0. The molecule has 0 fully saturated rings. The van der Waals surface area contributed by atoms with Crippen LogP contribution < -0.4 is 4.90 Å². The Morgan fingerprint density at radius 1 is 0.848 bits per heavy atom. The molecule has 0 bridgehead atoms. The first-order valence-corrected chi connectivity index (χ1v) is 11.7. The van der Waals surface area contributed by atoms with Gasteiger partial charge < -0.3 is 4.55 Å². The van der Waals surface area contributed by atoms with Crippen molar-refractivity contribution in [3.63, 3.8) is 0 Å². The number of rotatable bonds is 2. The maximum absolute atomic E-state index is 10.7. The molecule has 33 heavy (non-hydrogen) atoms. The molecule has 0 saturated carbocycles. The summed E-state index contributed by atoms with van der Waals surface area (Å²) in [6.45, 7) is 16.3. The lowest BCUT2D eigenvalue weighted by Crippen LogP contribution is -2.31. The van der Waals surface area contributed by atoms with E-state index in [4.69, 9.17) is 13.0 Å². The normalized spacial score (nSPS) is 14.3. The van der Waals surface area contributed by atoms with Gasteiger partial charge in [0.2, 0.25) is 6.34 Å². The van der Waals surface area contributed by atoms with Crippen LogP contribution in [0.3, 0.4) is 0 Å². The first-order chi connectivity index (χ1) is 15.0. The molecule has 0 aromatic heterocycles. The van der Waals surface area contributed by atoms with Gasteiger partial charge in [0.1, 0.15) is 23.6 Å². The molecule has 0 unspecified atom stereocenters.